The first-order valence-electron chi connectivity index (χ1n) is 6.68. The van der Waals surface area contributed by atoms with E-state index in [1.807, 2.05) is 13.0 Å². The summed E-state index contributed by atoms with van der Waals surface area (Å²) in [5.41, 5.74) is 4.57. The quantitative estimate of drug-likeness (QED) is 0.868. The van der Waals surface area contributed by atoms with E-state index in [9.17, 15) is 4.39 Å². The molecule has 0 aliphatic rings. The number of nitrogens with one attached hydrogen (secondary N) is 1. The maximum atomic E-state index is 13.2. The molecular formula is C17H20FN. The molecule has 1 nitrogen and oxygen atoms in total. The molecule has 0 bridgehead atoms. The Balaban J connectivity index is 2.45. The van der Waals surface area contributed by atoms with E-state index in [1.165, 1.54) is 17.2 Å². The summed E-state index contributed by atoms with van der Waals surface area (Å²) in [4.78, 5) is 0. The molecule has 2 aromatic rings. The van der Waals surface area contributed by atoms with Crippen molar-refractivity contribution in [1.82, 2.24) is 5.32 Å². The SMILES string of the molecule is CCNC(c1cccc(C)c1)c1ccc(F)cc1C. The molecule has 0 radical (unpaired) electrons. The maximum Gasteiger partial charge on any atom is 0.123 e. The monoisotopic (exact) mass is 257 g/mol. The Hall–Kier alpha value is -1.67. The van der Waals surface area contributed by atoms with Gasteiger partial charge in [-0.25, -0.2) is 4.39 Å². The standard InChI is InChI=1S/C17H20FN/c1-4-19-17(14-7-5-6-12(2)10-14)16-9-8-15(18)11-13(16)3/h5-11,17,19H,4H2,1-3H3. The van der Waals surface area contributed by atoms with Crippen LogP contribution in [0.2, 0.25) is 0 Å². The molecule has 0 amide bonds. The molecule has 0 fully saturated rings. The van der Waals surface area contributed by atoms with E-state index in [-0.39, 0.29) is 11.9 Å². The smallest absolute Gasteiger partial charge is 0.123 e. The highest BCUT2D eigenvalue weighted by Crippen LogP contribution is 2.26. The predicted octanol–water partition coefficient (Wildman–Crippen LogP) is 4.14. The van der Waals surface area contributed by atoms with Crippen molar-refractivity contribution < 1.29 is 4.39 Å². The average molecular weight is 257 g/mol. The zero-order chi connectivity index (χ0) is 13.8. The average Bonchev–Trinajstić information content (AvgIpc) is 2.37. The van der Waals surface area contributed by atoms with Crippen molar-refractivity contribution in [2.45, 2.75) is 26.8 Å². The second-order valence-corrected chi connectivity index (χ2v) is 4.91. The van der Waals surface area contributed by atoms with Gasteiger partial charge in [0.15, 0.2) is 0 Å². The molecule has 1 unspecified atom stereocenters. The lowest BCUT2D eigenvalue weighted by molar-refractivity contribution is 0.610. The molecule has 100 valence electrons. The Morgan fingerprint density at radius 2 is 1.89 bits per heavy atom. The van der Waals surface area contributed by atoms with E-state index in [0.29, 0.717) is 0 Å². The summed E-state index contributed by atoms with van der Waals surface area (Å²) < 4.78 is 13.2. The number of halogens is 1. The van der Waals surface area contributed by atoms with Gasteiger partial charge in [-0.2, -0.15) is 0 Å². The first-order valence-corrected chi connectivity index (χ1v) is 6.68. The van der Waals surface area contributed by atoms with Crippen LogP contribution in [0.4, 0.5) is 4.39 Å². The van der Waals surface area contributed by atoms with Crippen molar-refractivity contribution in [1.29, 1.82) is 0 Å². The summed E-state index contributed by atoms with van der Waals surface area (Å²) in [6.45, 7) is 7.00. The van der Waals surface area contributed by atoms with Gasteiger partial charge in [0.25, 0.3) is 0 Å². The predicted molar refractivity (Wildman–Crippen MR) is 77.8 cm³/mol. The highest BCUT2D eigenvalue weighted by Gasteiger charge is 2.15. The Morgan fingerprint density at radius 1 is 1.11 bits per heavy atom. The van der Waals surface area contributed by atoms with Gasteiger partial charge in [0.05, 0.1) is 6.04 Å². The van der Waals surface area contributed by atoms with Crippen LogP contribution in [0.1, 0.15) is 35.2 Å². The molecule has 2 aromatic carbocycles. The van der Waals surface area contributed by atoms with Gasteiger partial charge < -0.3 is 5.32 Å². The van der Waals surface area contributed by atoms with E-state index >= 15 is 0 Å². The second kappa shape index (κ2) is 5.98. The molecule has 19 heavy (non-hydrogen) atoms. The highest BCUT2D eigenvalue weighted by molar-refractivity contribution is 5.38. The number of hydrogen-bond acceptors (Lipinski definition) is 1. The molecule has 1 atom stereocenters. The molecule has 0 saturated heterocycles. The first kappa shape index (κ1) is 13.8. The van der Waals surface area contributed by atoms with Crippen LogP contribution in [0.5, 0.6) is 0 Å². The molecule has 1 N–H and O–H groups in total. The minimum Gasteiger partial charge on any atom is -0.307 e. The summed E-state index contributed by atoms with van der Waals surface area (Å²) in [5.74, 6) is -0.180. The third-order valence-corrected chi connectivity index (χ3v) is 3.33. The summed E-state index contributed by atoms with van der Waals surface area (Å²) in [6, 6.07) is 13.6. The maximum absolute atomic E-state index is 13.2. The first-order chi connectivity index (χ1) is 9.11. The van der Waals surface area contributed by atoms with Crippen molar-refractivity contribution in [3.8, 4) is 0 Å². The van der Waals surface area contributed by atoms with E-state index in [4.69, 9.17) is 0 Å². The van der Waals surface area contributed by atoms with Crippen LogP contribution >= 0.6 is 0 Å². The van der Waals surface area contributed by atoms with Crippen LogP contribution in [0.3, 0.4) is 0 Å². The van der Waals surface area contributed by atoms with Gasteiger partial charge in [-0.15, -0.1) is 0 Å². The molecule has 2 rings (SSSR count). The van der Waals surface area contributed by atoms with Gasteiger partial charge in [-0.1, -0.05) is 42.8 Å². The largest absolute Gasteiger partial charge is 0.307 e. The van der Waals surface area contributed by atoms with E-state index in [2.05, 4.69) is 43.4 Å². The van der Waals surface area contributed by atoms with Crippen LogP contribution in [0, 0.1) is 19.7 Å². The van der Waals surface area contributed by atoms with Crippen molar-refractivity contribution >= 4 is 0 Å². The molecule has 0 aliphatic heterocycles. The van der Waals surface area contributed by atoms with Crippen molar-refractivity contribution in [3.05, 3.63) is 70.5 Å². The van der Waals surface area contributed by atoms with Crippen LogP contribution in [-0.4, -0.2) is 6.54 Å². The molecule has 0 spiro atoms. The van der Waals surface area contributed by atoms with Gasteiger partial charge in [-0.05, 0) is 49.2 Å². The zero-order valence-corrected chi connectivity index (χ0v) is 11.7. The normalized spacial score (nSPS) is 12.4. The number of rotatable bonds is 4. The van der Waals surface area contributed by atoms with Crippen molar-refractivity contribution in [3.63, 3.8) is 0 Å². The Kier molecular flexibility index (Phi) is 4.33. The van der Waals surface area contributed by atoms with Gasteiger partial charge >= 0.3 is 0 Å². The lowest BCUT2D eigenvalue weighted by Crippen LogP contribution is -2.22. The third-order valence-electron chi connectivity index (χ3n) is 3.33. The molecule has 0 saturated carbocycles. The summed E-state index contributed by atoms with van der Waals surface area (Å²) in [5, 5.41) is 3.48. The molecular weight excluding hydrogens is 237 g/mol. The highest BCUT2D eigenvalue weighted by atomic mass is 19.1. The fourth-order valence-corrected chi connectivity index (χ4v) is 2.42. The molecule has 2 heteroatoms. The van der Waals surface area contributed by atoms with Crippen LogP contribution in [0.15, 0.2) is 42.5 Å². The number of benzene rings is 2. The summed E-state index contributed by atoms with van der Waals surface area (Å²) >= 11 is 0. The minimum absolute atomic E-state index is 0.116. The van der Waals surface area contributed by atoms with Gasteiger partial charge in [0.2, 0.25) is 0 Å². The van der Waals surface area contributed by atoms with Gasteiger partial charge in [-0.3, -0.25) is 0 Å². The van der Waals surface area contributed by atoms with E-state index in [0.717, 1.165) is 17.7 Å². The van der Waals surface area contributed by atoms with Crippen molar-refractivity contribution in [2.75, 3.05) is 6.54 Å². The Labute approximate surface area is 114 Å². The van der Waals surface area contributed by atoms with E-state index < -0.39 is 0 Å². The van der Waals surface area contributed by atoms with Gasteiger partial charge in [0.1, 0.15) is 5.82 Å². The van der Waals surface area contributed by atoms with E-state index in [1.54, 1.807) is 6.07 Å². The number of aryl methyl sites for hydroxylation is 2. The molecule has 0 aromatic heterocycles. The second-order valence-electron chi connectivity index (χ2n) is 4.91. The fraction of sp³-hybridized carbons (Fsp3) is 0.294. The lowest BCUT2D eigenvalue weighted by atomic mass is 9.94. The van der Waals surface area contributed by atoms with Crippen LogP contribution in [-0.2, 0) is 0 Å². The minimum atomic E-state index is -0.180. The third kappa shape index (κ3) is 3.21. The number of hydrogen-bond donors (Lipinski definition) is 1. The Bertz CT molecular complexity index is 563. The fourth-order valence-electron chi connectivity index (χ4n) is 2.42. The summed E-state index contributed by atoms with van der Waals surface area (Å²) in [7, 11) is 0. The van der Waals surface area contributed by atoms with Crippen LogP contribution < -0.4 is 5.32 Å². The topological polar surface area (TPSA) is 12.0 Å². The zero-order valence-electron chi connectivity index (χ0n) is 11.7. The lowest BCUT2D eigenvalue weighted by Gasteiger charge is -2.21. The molecule has 0 aliphatic carbocycles. The summed E-state index contributed by atoms with van der Waals surface area (Å²) in [6.07, 6.45) is 0. The molecule has 0 heterocycles. The van der Waals surface area contributed by atoms with Crippen molar-refractivity contribution in [2.24, 2.45) is 0 Å². The van der Waals surface area contributed by atoms with Gasteiger partial charge in [0, 0.05) is 0 Å². The van der Waals surface area contributed by atoms with Crippen LogP contribution in [0.25, 0.3) is 0 Å². The Morgan fingerprint density at radius 3 is 2.53 bits per heavy atom.